The summed E-state index contributed by atoms with van der Waals surface area (Å²) < 4.78 is 0. The Hall–Kier alpha value is -3.44. The van der Waals surface area contributed by atoms with Crippen molar-refractivity contribution in [1.82, 2.24) is 9.80 Å². The average Bonchev–Trinajstić information content (AvgIpc) is 2.99. The van der Waals surface area contributed by atoms with Gasteiger partial charge in [-0.1, -0.05) is 86.8 Å². The Kier molecular flexibility index (Phi) is 10.7. The molecule has 3 aromatic rings. The molecule has 0 spiro atoms. The van der Waals surface area contributed by atoms with Crippen LogP contribution in [0.25, 0.3) is 0 Å². The van der Waals surface area contributed by atoms with E-state index in [0.717, 1.165) is 49.3 Å². The molecule has 0 saturated heterocycles. The SMILES string of the molecule is CCCCCCc1ccc(C(=O)N2CCN(Cc3ccccc3)CCCN(C(C)=O)c3ccccc3C2)cc1. The number of nitrogens with zero attached hydrogens (tertiary/aromatic N) is 3. The first-order valence-corrected chi connectivity index (χ1v) is 14.6. The zero-order valence-electron chi connectivity index (χ0n) is 23.6. The number of anilines is 1. The lowest BCUT2D eigenvalue weighted by Gasteiger charge is -2.28. The van der Waals surface area contributed by atoms with Crippen LogP contribution in [0.15, 0.2) is 78.9 Å². The third-order valence-corrected chi connectivity index (χ3v) is 7.62. The van der Waals surface area contributed by atoms with E-state index < -0.39 is 0 Å². The number of aryl methyl sites for hydroxylation is 1. The van der Waals surface area contributed by atoms with Gasteiger partial charge in [0.2, 0.25) is 5.91 Å². The average molecular weight is 526 g/mol. The van der Waals surface area contributed by atoms with Gasteiger partial charge in [0.15, 0.2) is 0 Å². The van der Waals surface area contributed by atoms with E-state index in [1.807, 2.05) is 52.3 Å². The number of carbonyl (C=O) groups is 2. The summed E-state index contributed by atoms with van der Waals surface area (Å²) in [6, 6.07) is 26.7. The van der Waals surface area contributed by atoms with Crippen LogP contribution in [-0.2, 0) is 24.3 Å². The molecule has 0 aromatic heterocycles. The molecule has 0 saturated carbocycles. The van der Waals surface area contributed by atoms with Crippen molar-refractivity contribution in [3.8, 4) is 0 Å². The lowest BCUT2D eigenvalue weighted by Crippen LogP contribution is -2.38. The number of carbonyl (C=O) groups excluding carboxylic acids is 2. The molecule has 206 valence electrons. The largest absolute Gasteiger partial charge is 0.333 e. The summed E-state index contributed by atoms with van der Waals surface area (Å²) in [5.74, 6) is 0.0688. The van der Waals surface area contributed by atoms with Crippen molar-refractivity contribution in [3.63, 3.8) is 0 Å². The summed E-state index contributed by atoms with van der Waals surface area (Å²) in [7, 11) is 0. The van der Waals surface area contributed by atoms with Gasteiger partial charge in [-0.25, -0.2) is 0 Å². The van der Waals surface area contributed by atoms with E-state index in [1.165, 1.54) is 36.8 Å². The minimum absolute atomic E-state index is 0.0312. The molecular weight excluding hydrogens is 482 g/mol. The van der Waals surface area contributed by atoms with Crippen molar-refractivity contribution in [3.05, 3.63) is 101 Å². The first-order chi connectivity index (χ1) is 19.0. The zero-order chi connectivity index (χ0) is 27.5. The molecule has 0 atom stereocenters. The van der Waals surface area contributed by atoms with E-state index in [4.69, 9.17) is 0 Å². The van der Waals surface area contributed by atoms with E-state index >= 15 is 0 Å². The van der Waals surface area contributed by atoms with Crippen LogP contribution in [0.4, 0.5) is 5.69 Å². The molecule has 1 aliphatic rings. The van der Waals surface area contributed by atoms with Crippen LogP contribution in [0.3, 0.4) is 0 Å². The molecule has 1 aliphatic heterocycles. The third-order valence-electron chi connectivity index (χ3n) is 7.62. The highest BCUT2D eigenvalue weighted by molar-refractivity contribution is 5.95. The predicted molar refractivity (Wildman–Crippen MR) is 160 cm³/mol. The fourth-order valence-corrected chi connectivity index (χ4v) is 5.39. The minimum Gasteiger partial charge on any atom is -0.333 e. The van der Waals surface area contributed by atoms with Crippen LogP contribution >= 0.6 is 0 Å². The second-order valence-corrected chi connectivity index (χ2v) is 10.6. The highest BCUT2D eigenvalue weighted by Crippen LogP contribution is 2.25. The monoisotopic (exact) mass is 525 g/mol. The Labute approximate surface area is 234 Å². The maximum absolute atomic E-state index is 13.9. The first-order valence-electron chi connectivity index (χ1n) is 14.6. The van der Waals surface area contributed by atoms with Gasteiger partial charge < -0.3 is 9.80 Å². The zero-order valence-corrected chi connectivity index (χ0v) is 23.6. The lowest BCUT2D eigenvalue weighted by molar-refractivity contribution is -0.116. The molecule has 4 rings (SSSR count). The molecule has 3 aromatic carbocycles. The summed E-state index contributed by atoms with van der Waals surface area (Å²) in [6.45, 7) is 8.07. The summed E-state index contributed by atoms with van der Waals surface area (Å²) in [5.41, 5.74) is 5.17. The predicted octanol–water partition coefficient (Wildman–Crippen LogP) is 6.71. The summed E-state index contributed by atoms with van der Waals surface area (Å²) in [4.78, 5) is 32.8. The summed E-state index contributed by atoms with van der Waals surface area (Å²) in [5, 5.41) is 0. The normalized spacial score (nSPS) is 14.9. The van der Waals surface area contributed by atoms with E-state index in [0.29, 0.717) is 19.6 Å². The molecule has 2 amide bonds. The van der Waals surface area contributed by atoms with Gasteiger partial charge in [-0.2, -0.15) is 0 Å². The van der Waals surface area contributed by atoms with Gasteiger partial charge in [0, 0.05) is 57.4 Å². The van der Waals surface area contributed by atoms with Gasteiger partial charge in [-0.3, -0.25) is 14.5 Å². The Morgan fingerprint density at radius 2 is 1.49 bits per heavy atom. The van der Waals surface area contributed by atoms with Gasteiger partial charge in [0.1, 0.15) is 0 Å². The molecule has 0 fully saturated rings. The topological polar surface area (TPSA) is 43.9 Å². The highest BCUT2D eigenvalue weighted by atomic mass is 16.2. The highest BCUT2D eigenvalue weighted by Gasteiger charge is 2.23. The standard InChI is InChI=1S/C34H43N3O2/c1-3-4-5-7-13-29-18-20-31(21-19-29)34(39)36-25-24-35(26-30-14-8-6-9-15-30)22-12-23-37(28(2)38)33-17-11-10-16-32(33)27-36/h6,8-11,14-21H,3-5,7,12-13,22-27H2,1-2H3. The van der Waals surface area contributed by atoms with Crippen molar-refractivity contribution in [2.24, 2.45) is 0 Å². The summed E-state index contributed by atoms with van der Waals surface area (Å²) in [6.07, 6.45) is 6.87. The second kappa shape index (κ2) is 14.6. The van der Waals surface area contributed by atoms with Crippen LogP contribution in [0.1, 0.15) is 73.0 Å². The summed E-state index contributed by atoms with van der Waals surface area (Å²) >= 11 is 0. The number of unbranched alkanes of at least 4 members (excludes halogenated alkanes) is 3. The maximum atomic E-state index is 13.9. The number of amides is 2. The van der Waals surface area contributed by atoms with Crippen LogP contribution in [0.5, 0.6) is 0 Å². The Bertz CT molecular complexity index is 1190. The minimum atomic E-state index is 0.0312. The number of benzene rings is 3. The van der Waals surface area contributed by atoms with E-state index in [1.54, 1.807) is 6.92 Å². The third kappa shape index (κ3) is 8.27. The lowest BCUT2D eigenvalue weighted by atomic mass is 10.0. The smallest absolute Gasteiger partial charge is 0.254 e. The molecule has 5 nitrogen and oxygen atoms in total. The molecule has 0 radical (unpaired) electrons. The van der Waals surface area contributed by atoms with Crippen molar-refractivity contribution in [2.45, 2.75) is 65.5 Å². The number of fused-ring (bicyclic) bond motifs is 1. The molecule has 0 unspecified atom stereocenters. The van der Waals surface area contributed by atoms with Gasteiger partial charge in [-0.05, 0) is 54.2 Å². The van der Waals surface area contributed by atoms with Gasteiger partial charge in [0.05, 0.1) is 0 Å². The van der Waals surface area contributed by atoms with E-state index in [2.05, 4.69) is 48.2 Å². The van der Waals surface area contributed by atoms with Crippen molar-refractivity contribution < 1.29 is 9.59 Å². The van der Waals surface area contributed by atoms with Crippen LogP contribution < -0.4 is 4.90 Å². The Morgan fingerprint density at radius 3 is 2.23 bits per heavy atom. The van der Waals surface area contributed by atoms with Crippen molar-refractivity contribution in [2.75, 3.05) is 31.1 Å². The van der Waals surface area contributed by atoms with Crippen LogP contribution in [0, 0.1) is 0 Å². The fraction of sp³-hybridized carbons (Fsp3) is 0.412. The number of para-hydroxylation sites is 1. The van der Waals surface area contributed by atoms with Gasteiger partial charge in [0.25, 0.3) is 5.91 Å². The Balaban J connectivity index is 1.57. The Morgan fingerprint density at radius 1 is 0.744 bits per heavy atom. The van der Waals surface area contributed by atoms with Gasteiger partial charge in [-0.15, -0.1) is 0 Å². The molecular formula is C34H43N3O2. The quantitative estimate of drug-likeness (QED) is 0.307. The molecule has 1 heterocycles. The van der Waals surface area contributed by atoms with Crippen molar-refractivity contribution >= 4 is 17.5 Å². The molecule has 0 N–H and O–H groups in total. The molecule has 0 aliphatic carbocycles. The van der Waals surface area contributed by atoms with E-state index in [9.17, 15) is 9.59 Å². The second-order valence-electron chi connectivity index (χ2n) is 10.6. The van der Waals surface area contributed by atoms with Crippen LogP contribution in [-0.4, -0.2) is 47.8 Å². The van der Waals surface area contributed by atoms with Crippen LogP contribution in [0.2, 0.25) is 0 Å². The first kappa shape index (κ1) is 28.6. The van der Waals surface area contributed by atoms with Gasteiger partial charge >= 0.3 is 0 Å². The number of rotatable bonds is 8. The molecule has 5 heteroatoms. The fourth-order valence-electron chi connectivity index (χ4n) is 5.39. The van der Waals surface area contributed by atoms with E-state index in [-0.39, 0.29) is 11.8 Å². The number of hydrogen-bond acceptors (Lipinski definition) is 3. The molecule has 0 bridgehead atoms. The molecule has 39 heavy (non-hydrogen) atoms. The maximum Gasteiger partial charge on any atom is 0.254 e. The number of hydrogen-bond donors (Lipinski definition) is 0. The van der Waals surface area contributed by atoms with Crippen molar-refractivity contribution in [1.29, 1.82) is 0 Å².